The molecule has 0 aromatic rings. The van der Waals surface area contributed by atoms with Crippen molar-refractivity contribution < 1.29 is 16.8 Å². The van der Waals surface area contributed by atoms with E-state index >= 15 is 0 Å². The van der Waals surface area contributed by atoms with Crippen molar-refractivity contribution in [3.63, 3.8) is 0 Å². The Morgan fingerprint density at radius 2 is 1.60 bits per heavy atom. The molecule has 5 heavy (non-hydrogen) atoms. The molecule has 0 heterocycles. The molecule has 0 saturated heterocycles. The maximum absolute atomic E-state index is 3.25. The fourth-order valence-electron chi connectivity index (χ4n) is 0. The van der Waals surface area contributed by atoms with Crippen molar-refractivity contribution in [2.75, 3.05) is 0 Å². The van der Waals surface area contributed by atoms with Crippen LogP contribution in [0.15, 0.2) is 12.7 Å². The molecule has 35 valence electrons. The van der Waals surface area contributed by atoms with Gasteiger partial charge in [0.1, 0.15) is 0 Å². The zero-order valence-corrected chi connectivity index (χ0v) is 5.49. The molecule has 0 aliphatic heterocycles. The van der Waals surface area contributed by atoms with Crippen LogP contribution in [-0.2, 0) is 16.8 Å². The van der Waals surface area contributed by atoms with Gasteiger partial charge in [-0.05, 0) is 0 Å². The first-order valence-corrected chi connectivity index (χ1v) is 0.816. The first-order chi connectivity index (χ1) is 1.41. The number of allylic oxidation sites excluding steroid dienone is 1. The van der Waals surface area contributed by atoms with Crippen LogP contribution in [0.2, 0.25) is 0 Å². The molecule has 0 saturated carbocycles. The monoisotopic (exact) mass is 134 g/mol. The smallest absolute Gasteiger partial charge is 0 e. The molecule has 0 fully saturated rings. The third-order valence-electron chi connectivity index (χ3n) is 0. The molecule has 0 aromatic carbocycles. The number of hydrogen-bond acceptors (Lipinski definition) is 0. The van der Waals surface area contributed by atoms with Gasteiger partial charge >= 0.3 is 0 Å². The van der Waals surface area contributed by atoms with Crippen molar-refractivity contribution in [2.24, 2.45) is 0 Å². The van der Waals surface area contributed by atoms with Gasteiger partial charge in [0.05, 0.1) is 0 Å². The van der Waals surface area contributed by atoms with Crippen LogP contribution >= 0.6 is 9.90 Å². The van der Waals surface area contributed by atoms with Gasteiger partial charge in [0.15, 0.2) is 0 Å². The molecule has 1 unspecified atom stereocenters. The average molecular weight is 134 g/mol. The molecule has 0 rings (SSSR count). The summed E-state index contributed by atoms with van der Waals surface area (Å²) in [5, 5.41) is 0. The summed E-state index contributed by atoms with van der Waals surface area (Å²) in [5.41, 5.74) is 0. The van der Waals surface area contributed by atoms with Crippen molar-refractivity contribution >= 4 is 9.90 Å². The summed E-state index contributed by atoms with van der Waals surface area (Å²) in [7, 11) is 0. The second-order valence-electron chi connectivity index (χ2n) is 0.289. The fraction of sp³-hybridized carbons (Fsp3) is 0. The minimum Gasteiger partial charge on any atom is -0.245 e. The van der Waals surface area contributed by atoms with E-state index in [1.165, 1.54) is 6.08 Å². The van der Waals surface area contributed by atoms with Crippen LogP contribution in [0.4, 0.5) is 0 Å². The Bertz CT molecular complexity index is 14.4. The summed E-state index contributed by atoms with van der Waals surface area (Å²) in [6.07, 6.45) is 1.50. The zero-order chi connectivity index (χ0) is 2.71. The third-order valence-corrected chi connectivity index (χ3v) is 0. The van der Waals surface area contributed by atoms with Gasteiger partial charge in [-0.2, -0.15) is 9.90 Å². The van der Waals surface area contributed by atoms with E-state index in [1.54, 1.807) is 0 Å². The molecule has 0 aromatic heterocycles. The van der Waals surface area contributed by atoms with Crippen LogP contribution in [-0.4, -0.2) is 0 Å². The van der Waals surface area contributed by atoms with E-state index in [9.17, 15) is 0 Å². The Morgan fingerprint density at radius 3 is 1.60 bits per heavy atom. The maximum atomic E-state index is 3.25. The quantitative estimate of drug-likeness (QED) is 0.343. The molecule has 1 radical (unpaired) electrons. The largest absolute Gasteiger partial charge is 0.245 e. The van der Waals surface area contributed by atoms with E-state index in [-0.39, 0.29) is 26.7 Å². The molecule has 0 nitrogen and oxygen atoms in total. The summed E-state index contributed by atoms with van der Waals surface area (Å²) in [4.78, 5) is 0. The average Bonchev–Trinajstić information content (AvgIpc) is 0.918. The van der Waals surface area contributed by atoms with Gasteiger partial charge in [-0.15, -0.1) is 0 Å². The topological polar surface area (TPSA) is 0 Å². The second kappa shape index (κ2) is 23.9. The van der Waals surface area contributed by atoms with Gasteiger partial charge < -0.3 is 0 Å². The summed E-state index contributed by atoms with van der Waals surface area (Å²) >= 11 is 0. The van der Waals surface area contributed by atoms with E-state index in [4.69, 9.17) is 0 Å². The first-order valence-electron chi connectivity index (χ1n) is 0.816. The molecule has 1 atom stereocenters. The molecule has 0 aliphatic rings. The van der Waals surface area contributed by atoms with Gasteiger partial charge in [-0.25, -0.2) is 19.6 Å². The Hall–Kier alpha value is 0.546. The molecule has 0 aliphatic carbocycles. The van der Waals surface area contributed by atoms with Crippen molar-refractivity contribution in [1.29, 1.82) is 0 Å². The van der Waals surface area contributed by atoms with Crippen LogP contribution < -0.4 is 0 Å². The van der Waals surface area contributed by atoms with E-state index in [0.29, 0.717) is 0 Å². The molecule has 2 heteroatoms. The van der Waals surface area contributed by atoms with Gasteiger partial charge in [0, 0.05) is 16.8 Å². The van der Waals surface area contributed by atoms with E-state index in [0.717, 1.165) is 0 Å². The number of rotatable bonds is 0. The minimum absolute atomic E-state index is 0. The molecular weight excluding hydrogens is 126 g/mol. The molecule has 0 spiro atoms. The van der Waals surface area contributed by atoms with Gasteiger partial charge in [-0.1, -0.05) is 0 Å². The van der Waals surface area contributed by atoms with Crippen LogP contribution in [0.1, 0.15) is 0 Å². The predicted octanol–water partition coefficient (Wildman–Crippen LogP) is 1.06. The minimum atomic E-state index is 0. The van der Waals surface area contributed by atoms with Crippen molar-refractivity contribution in [2.45, 2.75) is 0 Å². The SMILES string of the molecule is C=C[CH2-].P.[Co]. The Kier molecular flexibility index (Phi) is 84.5. The van der Waals surface area contributed by atoms with Crippen LogP contribution in [0.3, 0.4) is 0 Å². The third kappa shape index (κ3) is 98.7. The Morgan fingerprint density at radius 1 is 1.60 bits per heavy atom. The van der Waals surface area contributed by atoms with Gasteiger partial charge in [-0.3, -0.25) is 0 Å². The predicted molar refractivity (Wildman–Crippen MR) is 26.7 cm³/mol. The van der Waals surface area contributed by atoms with Crippen LogP contribution in [0, 0.1) is 6.92 Å². The van der Waals surface area contributed by atoms with E-state index < -0.39 is 0 Å². The van der Waals surface area contributed by atoms with Crippen LogP contribution in [0.5, 0.6) is 0 Å². The first kappa shape index (κ1) is 17.7. The van der Waals surface area contributed by atoms with Gasteiger partial charge in [0.2, 0.25) is 0 Å². The second-order valence-corrected chi connectivity index (χ2v) is 0.289. The summed E-state index contributed by atoms with van der Waals surface area (Å²) < 4.78 is 0. The normalized spacial score (nSPS) is 2.40. The van der Waals surface area contributed by atoms with E-state index in [2.05, 4.69) is 13.5 Å². The summed E-state index contributed by atoms with van der Waals surface area (Å²) in [5.74, 6) is 0. The summed E-state index contributed by atoms with van der Waals surface area (Å²) in [6, 6.07) is 0. The van der Waals surface area contributed by atoms with Crippen LogP contribution in [0.25, 0.3) is 0 Å². The molecule has 0 N–H and O–H groups in total. The van der Waals surface area contributed by atoms with Crippen molar-refractivity contribution in [1.82, 2.24) is 0 Å². The molecular formula is C3H8CoP-. The van der Waals surface area contributed by atoms with Crippen molar-refractivity contribution in [3.05, 3.63) is 19.6 Å². The molecule has 0 bridgehead atoms. The molecule has 0 amide bonds. The Labute approximate surface area is 46.9 Å². The van der Waals surface area contributed by atoms with Gasteiger partial charge in [0.25, 0.3) is 0 Å². The van der Waals surface area contributed by atoms with E-state index in [1.807, 2.05) is 0 Å². The maximum Gasteiger partial charge on any atom is 0 e. The Balaban J connectivity index is -0.0000000200. The zero-order valence-electron chi connectivity index (χ0n) is 3.03. The fourth-order valence-corrected chi connectivity index (χ4v) is 0. The number of hydrogen-bond donors (Lipinski definition) is 0. The standard InChI is InChI=1S/C3H5.Co.H3P/c1-3-2;;/h3H,1-2H2;;1H3/q-1;;. The summed E-state index contributed by atoms with van der Waals surface area (Å²) in [6.45, 7) is 6.50. The van der Waals surface area contributed by atoms with Crippen molar-refractivity contribution in [3.8, 4) is 0 Å².